The summed E-state index contributed by atoms with van der Waals surface area (Å²) in [5.41, 5.74) is 1.07. The van der Waals surface area contributed by atoms with E-state index in [-0.39, 0.29) is 19.3 Å². The van der Waals surface area contributed by atoms with Crippen molar-refractivity contribution < 1.29 is 28.2 Å². The van der Waals surface area contributed by atoms with Gasteiger partial charge >= 0.3 is 5.97 Å². The van der Waals surface area contributed by atoms with Crippen molar-refractivity contribution in [3.8, 4) is 11.5 Å². The molecule has 1 atom stereocenters. The third kappa shape index (κ3) is 6.70. The molecule has 30 heavy (non-hydrogen) atoms. The van der Waals surface area contributed by atoms with Gasteiger partial charge in [-0.05, 0) is 48.9 Å². The van der Waals surface area contributed by atoms with Crippen molar-refractivity contribution in [3.63, 3.8) is 0 Å². The molecule has 1 aromatic heterocycles. The molecule has 0 aliphatic rings. The first-order valence-electron chi connectivity index (χ1n) is 9.48. The largest absolute Gasteiger partial charge is 0.489 e. The smallest absolute Gasteiger partial charge is 0.344 e. The average Bonchev–Trinajstić information content (AvgIpc) is 3.31. The van der Waals surface area contributed by atoms with E-state index in [1.165, 1.54) is 6.26 Å². The Bertz CT molecular complexity index is 922. The van der Waals surface area contributed by atoms with Gasteiger partial charge in [-0.25, -0.2) is 4.79 Å². The number of carbonyl (C=O) groups excluding carboxylic acids is 2. The highest BCUT2D eigenvalue weighted by Gasteiger charge is 2.14. The summed E-state index contributed by atoms with van der Waals surface area (Å²) >= 11 is 0. The van der Waals surface area contributed by atoms with E-state index in [0.29, 0.717) is 23.9 Å². The van der Waals surface area contributed by atoms with Gasteiger partial charge in [0.05, 0.1) is 12.3 Å². The minimum atomic E-state index is -0.639. The van der Waals surface area contributed by atoms with Gasteiger partial charge in [0.25, 0.3) is 5.91 Å². The van der Waals surface area contributed by atoms with Crippen LogP contribution in [-0.2, 0) is 20.9 Å². The van der Waals surface area contributed by atoms with Gasteiger partial charge < -0.3 is 23.9 Å². The molecule has 0 saturated carbocycles. The van der Waals surface area contributed by atoms with Gasteiger partial charge in [0.1, 0.15) is 23.9 Å². The Morgan fingerprint density at radius 3 is 2.27 bits per heavy atom. The summed E-state index contributed by atoms with van der Waals surface area (Å²) in [5, 5.41) is 2.68. The van der Waals surface area contributed by atoms with Crippen molar-refractivity contribution in [1.29, 1.82) is 0 Å². The Kier molecular flexibility index (Phi) is 7.49. The van der Waals surface area contributed by atoms with Gasteiger partial charge in [-0.15, -0.1) is 0 Å². The molecule has 7 heteroatoms. The zero-order chi connectivity index (χ0) is 21.2. The average molecular weight is 409 g/mol. The topological polar surface area (TPSA) is 87.0 Å². The lowest BCUT2D eigenvalue weighted by molar-refractivity contribution is -0.150. The minimum Gasteiger partial charge on any atom is -0.489 e. The van der Waals surface area contributed by atoms with E-state index in [1.807, 2.05) is 30.3 Å². The maximum absolute atomic E-state index is 11.8. The van der Waals surface area contributed by atoms with Crippen molar-refractivity contribution in [2.75, 3.05) is 13.2 Å². The third-order valence-electron chi connectivity index (χ3n) is 4.14. The molecule has 1 amide bonds. The molecule has 0 saturated heterocycles. The lowest BCUT2D eigenvalue weighted by Gasteiger charge is -2.12. The highest BCUT2D eigenvalue weighted by molar-refractivity contribution is 5.81. The van der Waals surface area contributed by atoms with Crippen LogP contribution in [0.4, 0.5) is 0 Å². The number of ether oxygens (including phenoxy) is 3. The van der Waals surface area contributed by atoms with Crippen LogP contribution in [0.1, 0.15) is 24.3 Å². The van der Waals surface area contributed by atoms with Crippen LogP contribution in [0.3, 0.4) is 0 Å². The van der Waals surface area contributed by atoms with Crippen LogP contribution in [0.15, 0.2) is 77.4 Å². The molecule has 3 aromatic rings. The molecule has 0 radical (unpaired) electrons. The normalized spacial score (nSPS) is 11.4. The van der Waals surface area contributed by atoms with E-state index in [9.17, 15) is 9.59 Å². The molecule has 1 N–H and O–H groups in total. The summed E-state index contributed by atoms with van der Waals surface area (Å²) < 4.78 is 21.2. The second-order valence-electron chi connectivity index (χ2n) is 6.50. The standard InChI is InChI=1S/C23H23NO6/c1-17(21-8-5-13-27-21)24-22(25)15-30-23(26)16-29-20-11-9-19(10-12-20)28-14-18-6-3-2-4-7-18/h2-13,17H,14-16H2,1H3,(H,24,25)/t17-/m0/s1. The monoisotopic (exact) mass is 409 g/mol. The Labute approximate surface area is 174 Å². The summed E-state index contributed by atoms with van der Waals surface area (Å²) in [6.45, 7) is 1.55. The summed E-state index contributed by atoms with van der Waals surface area (Å²) in [6.07, 6.45) is 1.53. The number of hydrogen-bond acceptors (Lipinski definition) is 6. The van der Waals surface area contributed by atoms with Crippen molar-refractivity contribution in [2.24, 2.45) is 0 Å². The van der Waals surface area contributed by atoms with E-state index in [1.54, 1.807) is 43.3 Å². The molecule has 1 heterocycles. The van der Waals surface area contributed by atoms with E-state index < -0.39 is 11.9 Å². The van der Waals surface area contributed by atoms with Gasteiger partial charge in [-0.3, -0.25) is 4.79 Å². The van der Waals surface area contributed by atoms with Gasteiger partial charge in [-0.1, -0.05) is 30.3 Å². The maximum Gasteiger partial charge on any atom is 0.344 e. The molecule has 2 aromatic carbocycles. The van der Waals surface area contributed by atoms with E-state index in [2.05, 4.69) is 5.32 Å². The Balaban J connectivity index is 1.34. The molecule has 156 valence electrons. The molecule has 0 bridgehead atoms. The lowest BCUT2D eigenvalue weighted by Crippen LogP contribution is -2.31. The van der Waals surface area contributed by atoms with Crippen LogP contribution in [0, 0.1) is 0 Å². The molecule has 3 rings (SSSR count). The summed E-state index contributed by atoms with van der Waals surface area (Å²) in [5.74, 6) is 0.743. The number of amides is 1. The predicted molar refractivity (Wildman–Crippen MR) is 109 cm³/mol. The molecular formula is C23H23NO6. The number of rotatable bonds is 10. The van der Waals surface area contributed by atoms with Gasteiger partial charge in [0.15, 0.2) is 13.2 Å². The van der Waals surface area contributed by atoms with Crippen molar-refractivity contribution in [2.45, 2.75) is 19.6 Å². The fourth-order valence-corrected chi connectivity index (χ4v) is 2.59. The number of benzene rings is 2. The quantitative estimate of drug-likeness (QED) is 0.514. The Morgan fingerprint density at radius 2 is 1.60 bits per heavy atom. The van der Waals surface area contributed by atoms with Crippen LogP contribution in [0.25, 0.3) is 0 Å². The SMILES string of the molecule is C[C@H](NC(=O)COC(=O)COc1ccc(OCc2ccccc2)cc1)c1ccco1. The maximum atomic E-state index is 11.8. The van der Waals surface area contributed by atoms with Gasteiger partial charge in [0, 0.05) is 0 Å². The second-order valence-corrected chi connectivity index (χ2v) is 6.50. The molecule has 0 aliphatic carbocycles. The van der Waals surface area contributed by atoms with Crippen LogP contribution in [-0.4, -0.2) is 25.1 Å². The first-order valence-corrected chi connectivity index (χ1v) is 9.48. The molecule has 0 unspecified atom stereocenters. The highest BCUT2D eigenvalue weighted by Crippen LogP contribution is 2.18. The zero-order valence-electron chi connectivity index (χ0n) is 16.6. The highest BCUT2D eigenvalue weighted by atomic mass is 16.6. The van der Waals surface area contributed by atoms with Gasteiger partial charge in [-0.2, -0.15) is 0 Å². The van der Waals surface area contributed by atoms with E-state index in [4.69, 9.17) is 18.6 Å². The molecule has 0 spiro atoms. The first kappa shape index (κ1) is 21.0. The molecular weight excluding hydrogens is 386 g/mol. The summed E-state index contributed by atoms with van der Waals surface area (Å²) in [6, 6.07) is 19.9. The molecule has 7 nitrogen and oxygen atoms in total. The van der Waals surface area contributed by atoms with E-state index >= 15 is 0 Å². The van der Waals surface area contributed by atoms with Crippen LogP contribution < -0.4 is 14.8 Å². The second kappa shape index (κ2) is 10.7. The van der Waals surface area contributed by atoms with Gasteiger partial charge in [0.2, 0.25) is 0 Å². The number of hydrogen-bond donors (Lipinski definition) is 1. The fraction of sp³-hybridized carbons (Fsp3) is 0.217. The van der Waals surface area contributed by atoms with E-state index in [0.717, 1.165) is 5.56 Å². The van der Waals surface area contributed by atoms with Crippen LogP contribution in [0.2, 0.25) is 0 Å². The van der Waals surface area contributed by atoms with Crippen LogP contribution >= 0.6 is 0 Å². The summed E-state index contributed by atoms with van der Waals surface area (Å²) in [7, 11) is 0. The fourth-order valence-electron chi connectivity index (χ4n) is 2.59. The van der Waals surface area contributed by atoms with Crippen LogP contribution in [0.5, 0.6) is 11.5 Å². The Morgan fingerprint density at radius 1 is 0.900 bits per heavy atom. The number of carbonyl (C=O) groups is 2. The van der Waals surface area contributed by atoms with Crippen molar-refractivity contribution >= 4 is 11.9 Å². The minimum absolute atomic E-state index is 0.300. The molecule has 0 aliphatic heterocycles. The lowest BCUT2D eigenvalue weighted by atomic mass is 10.2. The zero-order valence-corrected chi connectivity index (χ0v) is 16.6. The number of nitrogens with one attached hydrogen (secondary N) is 1. The van der Waals surface area contributed by atoms with Crippen molar-refractivity contribution in [3.05, 3.63) is 84.3 Å². The summed E-state index contributed by atoms with van der Waals surface area (Å²) in [4.78, 5) is 23.6. The number of esters is 1. The predicted octanol–water partition coefficient (Wildman–Crippen LogP) is 3.66. The first-order chi connectivity index (χ1) is 14.6. The van der Waals surface area contributed by atoms with Crippen molar-refractivity contribution in [1.82, 2.24) is 5.32 Å². The third-order valence-corrected chi connectivity index (χ3v) is 4.14. The number of furan rings is 1. The Hall–Kier alpha value is -3.74. The molecule has 0 fully saturated rings.